The van der Waals surface area contributed by atoms with Crippen molar-refractivity contribution in [3.8, 4) is 0 Å². The maximum Gasteiger partial charge on any atom is 0.323 e. The van der Waals surface area contributed by atoms with Crippen molar-refractivity contribution >= 4 is 26.1 Å². The van der Waals surface area contributed by atoms with Crippen LogP contribution in [0.3, 0.4) is 0 Å². The highest BCUT2D eigenvalue weighted by molar-refractivity contribution is 7.91. The fraction of sp³-hybridized carbons (Fsp3) is 0.231. The molecule has 0 aliphatic rings. The molecule has 0 bridgehead atoms. The standard InChI is InChI=1S/C13H16N4O4S2/c1-16(2)23(20,21)17-11-14-13(15-17)22(18,19)10-6-9-12-7-4-3-5-8-12/h3-9,11H,10H2,1-2H3. The number of rotatable bonds is 6. The van der Waals surface area contributed by atoms with Crippen LogP contribution in [0.2, 0.25) is 0 Å². The summed E-state index contributed by atoms with van der Waals surface area (Å²) in [5.74, 6) is -0.325. The molecule has 0 saturated carbocycles. The van der Waals surface area contributed by atoms with E-state index >= 15 is 0 Å². The zero-order valence-electron chi connectivity index (χ0n) is 12.6. The van der Waals surface area contributed by atoms with Crippen molar-refractivity contribution < 1.29 is 16.8 Å². The third-order valence-corrected chi connectivity index (χ3v) is 5.80. The lowest BCUT2D eigenvalue weighted by atomic mass is 10.2. The Hall–Kier alpha value is -2.04. The number of hydrogen-bond donors (Lipinski definition) is 0. The predicted octanol–water partition coefficient (Wildman–Crippen LogP) is 0.420. The molecular weight excluding hydrogens is 340 g/mol. The molecule has 1 aromatic heterocycles. The number of aromatic nitrogens is 3. The van der Waals surface area contributed by atoms with Crippen LogP contribution in [0, 0.1) is 0 Å². The Kier molecular flexibility index (Phi) is 4.97. The Morgan fingerprint density at radius 3 is 2.39 bits per heavy atom. The van der Waals surface area contributed by atoms with Crippen molar-refractivity contribution in [2.45, 2.75) is 5.16 Å². The monoisotopic (exact) mass is 356 g/mol. The van der Waals surface area contributed by atoms with Crippen LogP contribution in [-0.4, -0.2) is 55.2 Å². The Bertz CT molecular complexity index is 900. The molecule has 0 unspecified atom stereocenters. The van der Waals surface area contributed by atoms with Gasteiger partial charge in [-0.2, -0.15) is 12.7 Å². The zero-order valence-corrected chi connectivity index (χ0v) is 14.2. The van der Waals surface area contributed by atoms with E-state index in [0.29, 0.717) is 4.09 Å². The summed E-state index contributed by atoms with van der Waals surface area (Å²) >= 11 is 0. The Morgan fingerprint density at radius 1 is 1.13 bits per heavy atom. The fourth-order valence-electron chi connectivity index (χ4n) is 1.61. The molecule has 2 aromatic rings. The highest BCUT2D eigenvalue weighted by atomic mass is 32.2. The molecule has 124 valence electrons. The molecule has 1 aromatic carbocycles. The van der Waals surface area contributed by atoms with E-state index in [1.165, 1.54) is 20.2 Å². The lowest BCUT2D eigenvalue weighted by Gasteiger charge is -2.09. The summed E-state index contributed by atoms with van der Waals surface area (Å²) in [4.78, 5) is 3.59. The minimum Gasteiger partial charge on any atom is -0.220 e. The molecule has 0 atom stereocenters. The molecule has 1 heterocycles. The van der Waals surface area contributed by atoms with Crippen LogP contribution in [-0.2, 0) is 20.0 Å². The van der Waals surface area contributed by atoms with Crippen LogP contribution < -0.4 is 0 Å². The van der Waals surface area contributed by atoms with Crippen molar-refractivity contribution in [2.75, 3.05) is 19.8 Å². The van der Waals surface area contributed by atoms with Gasteiger partial charge in [0.1, 0.15) is 6.33 Å². The first-order valence-corrected chi connectivity index (χ1v) is 9.57. The second kappa shape index (κ2) is 6.60. The van der Waals surface area contributed by atoms with Gasteiger partial charge in [-0.25, -0.2) is 13.4 Å². The molecular formula is C13H16N4O4S2. The minimum absolute atomic E-state index is 0.325. The summed E-state index contributed by atoms with van der Waals surface area (Å²) in [6.07, 6.45) is 3.99. The summed E-state index contributed by atoms with van der Waals surface area (Å²) in [5.41, 5.74) is 0.858. The van der Waals surface area contributed by atoms with Crippen LogP contribution in [0.15, 0.2) is 47.9 Å². The maximum atomic E-state index is 12.1. The van der Waals surface area contributed by atoms with Crippen LogP contribution in [0.4, 0.5) is 0 Å². The number of hydrogen-bond acceptors (Lipinski definition) is 6. The van der Waals surface area contributed by atoms with E-state index in [0.717, 1.165) is 16.2 Å². The van der Waals surface area contributed by atoms with Gasteiger partial charge in [0.15, 0.2) is 0 Å². The van der Waals surface area contributed by atoms with E-state index in [-0.39, 0.29) is 5.75 Å². The van der Waals surface area contributed by atoms with Crippen molar-refractivity contribution in [1.82, 2.24) is 18.5 Å². The molecule has 0 radical (unpaired) electrons. The van der Waals surface area contributed by atoms with Gasteiger partial charge in [0.2, 0.25) is 9.84 Å². The molecule has 0 spiro atoms. The SMILES string of the molecule is CN(C)S(=O)(=O)n1cnc(S(=O)(=O)CC=Cc2ccccc2)n1. The molecule has 10 heteroatoms. The minimum atomic E-state index is -3.89. The molecule has 0 aliphatic carbocycles. The van der Waals surface area contributed by atoms with E-state index < -0.39 is 25.2 Å². The van der Waals surface area contributed by atoms with Gasteiger partial charge in [-0.15, -0.1) is 9.19 Å². The largest absolute Gasteiger partial charge is 0.323 e. The second-order valence-corrected chi connectivity index (χ2v) is 8.71. The topological polar surface area (TPSA) is 102 Å². The Balaban J connectivity index is 2.18. The van der Waals surface area contributed by atoms with Crippen molar-refractivity contribution in [3.63, 3.8) is 0 Å². The number of nitrogens with zero attached hydrogens (tertiary/aromatic N) is 4. The van der Waals surface area contributed by atoms with Crippen molar-refractivity contribution in [1.29, 1.82) is 0 Å². The zero-order chi connectivity index (χ0) is 17.1. The smallest absolute Gasteiger partial charge is 0.220 e. The quantitative estimate of drug-likeness (QED) is 0.743. The first-order valence-electron chi connectivity index (χ1n) is 6.52. The van der Waals surface area contributed by atoms with Crippen molar-refractivity contribution in [3.05, 3.63) is 48.3 Å². The van der Waals surface area contributed by atoms with Crippen LogP contribution >= 0.6 is 0 Å². The highest BCUT2D eigenvalue weighted by Gasteiger charge is 2.23. The van der Waals surface area contributed by atoms with Crippen LogP contribution in [0.5, 0.6) is 0 Å². The first kappa shape index (κ1) is 17.3. The van der Waals surface area contributed by atoms with E-state index in [2.05, 4.69) is 10.1 Å². The van der Waals surface area contributed by atoms with Gasteiger partial charge in [-0.1, -0.05) is 42.5 Å². The van der Waals surface area contributed by atoms with Crippen LogP contribution in [0.25, 0.3) is 6.08 Å². The third kappa shape index (κ3) is 4.03. The lowest BCUT2D eigenvalue weighted by Crippen LogP contribution is -2.29. The van der Waals surface area contributed by atoms with Gasteiger partial charge in [0, 0.05) is 14.1 Å². The summed E-state index contributed by atoms with van der Waals surface area (Å²) in [5, 5.41) is 3.03. The van der Waals surface area contributed by atoms with E-state index in [1.807, 2.05) is 30.3 Å². The maximum absolute atomic E-state index is 12.1. The second-order valence-electron chi connectivity index (χ2n) is 4.78. The van der Waals surface area contributed by atoms with Crippen LogP contribution in [0.1, 0.15) is 5.56 Å². The van der Waals surface area contributed by atoms with E-state index in [1.54, 1.807) is 6.08 Å². The van der Waals surface area contributed by atoms with E-state index in [4.69, 9.17) is 0 Å². The van der Waals surface area contributed by atoms with Gasteiger partial charge in [0.05, 0.1) is 5.75 Å². The van der Waals surface area contributed by atoms with Gasteiger partial charge >= 0.3 is 10.2 Å². The Morgan fingerprint density at radius 2 is 1.78 bits per heavy atom. The van der Waals surface area contributed by atoms with Gasteiger partial charge < -0.3 is 0 Å². The number of benzene rings is 1. The summed E-state index contributed by atoms with van der Waals surface area (Å²) in [7, 11) is -5.07. The molecule has 0 aliphatic heterocycles. The molecule has 2 rings (SSSR count). The molecule has 0 saturated heterocycles. The lowest BCUT2D eigenvalue weighted by molar-refractivity contribution is 0.502. The molecule has 8 nitrogen and oxygen atoms in total. The summed E-state index contributed by atoms with van der Waals surface area (Å²) in [6.45, 7) is 0. The fourth-order valence-corrected chi connectivity index (χ4v) is 3.26. The van der Waals surface area contributed by atoms with Gasteiger partial charge in [-0.05, 0) is 5.56 Å². The Labute approximate surface area is 135 Å². The summed E-state index contributed by atoms with van der Waals surface area (Å²) in [6, 6.07) is 9.20. The molecule has 0 amide bonds. The first-order chi connectivity index (χ1) is 10.7. The van der Waals surface area contributed by atoms with Gasteiger partial charge in [0.25, 0.3) is 5.16 Å². The third-order valence-electron chi connectivity index (χ3n) is 2.85. The number of sulfone groups is 1. The molecule has 23 heavy (non-hydrogen) atoms. The normalized spacial score (nSPS) is 13.0. The highest BCUT2D eigenvalue weighted by Crippen LogP contribution is 2.08. The predicted molar refractivity (Wildman–Crippen MR) is 85.6 cm³/mol. The van der Waals surface area contributed by atoms with Gasteiger partial charge in [-0.3, -0.25) is 0 Å². The van der Waals surface area contributed by atoms with E-state index in [9.17, 15) is 16.8 Å². The van der Waals surface area contributed by atoms with Crippen molar-refractivity contribution in [2.24, 2.45) is 0 Å². The average Bonchev–Trinajstić information content (AvgIpc) is 2.99. The molecule has 0 fully saturated rings. The summed E-state index contributed by atoms with van der Waals surface area (Å²) < 4.78 is 49.4. The molecule has 0 N–H and O–H groups in total. The average molecular weight is 356 g/mol.